The Labute approximate surface area is 111 Å². The summed E-state index contributed by atoms with van der Waals surface area (Å²) in [5.41, 5.74) is 0.599. The third kappa shape index (κ3) is 2.84. The highest BCUT2D eigenvalue weighted by atomic mass is 79.9. The van der Waals surface area contributed by atoms with E-state index in [0.717, 1.165) is 0 Å². The zero-order valence-electron chi connectivity index (χ0n) is 9.02. The molecule has 0 aliphatic rings. The normalized spacial score (nSPS) is 10.1. The molecule has 18 heavy (non-hydrogen) atoms. The summed E-state index contributed by atoms with van der Waals surface area (Å²) < 4.78 is 13.3. The summed E-state index contributed by atoms with van der Waals surface area (Å²) in [5.74, 6) is -1.24. The molecule has 1 aromatic carbocycles. The number of halogens is 2. The van der Waals surface area contributed by atoms with Gasteiger partial charge in [-0.2, -0.15) is 0 Å². The van der Waals surface area contributed by atoms with E-state index in [-0.39, 0.29) is 17.2 Å². The Morgan fingerprint density at radius 3 is 2.61 bits per heavy atom. The van der Waals surface area contributed by atoms with Crippen molar-refractivity contribution in [2.24, 2.45) is 0 Å². The standard InChI is InChI=1S/C12H8BrFN2O2/c13-7-5-10(12(17)18)11(15-6-7)16-9-3-1-8(14)2-4-9/h1-6H,(H,15,16)(H,17,18). The van der Waals surface area contributed by atoms with Crippen LogP contribution in [0.3, 0.4) is 0 Å². The van der Waals surface area contributed by atoms with Crippen LogP contribution in [0.15, 0.2) is 41.0 Å². The Morgan fingerprint density at radius 1 is 1.33 bits per heavy atom. The molecular weight excluding hydrogens is 303 g/mol. The lowest BCUT2D eigenvalue weighted by Crippen LogP contribution is -2.04. The number of hydrogen-bond acceptors (Lipinski definition) is 3. The molecule has 0 spiro atoms. The lowest BCUT2D eigenvalue weighted by molar-refractivity contribution is 0.0697. The monoisotopic (exact) mass is 310 g/mol. The Hall–Kier alpha value is -1.95. The zero-order chi connectivity index (χ0) is 13.1. The lowest BCUT2D eigenvalue weighted by atomic mass is 10.2. The summed E-state index contributed by atoms with van der Waals surface area (Å²) in [6.07, 6.45) is 1.48. The molecule has 0 saturated carbocycles. The van der Waals surface area contributed by atoms with Gasteiger partial charge >= 0.3 is 5.97 Å². The molecule has 1 aromatic heterocycles. The molecule has 2 N–H and O–H groups in total. The molecule has 0 aliphatic heterocycles. The van der Waals surface area contributed by atoms with Crippen LogP contribution in [0.5, 0.6) is 0 Å². The van der Waals surface area contributed by atoms with Crippen molar-refractivity contribution < 1.29 is 14.3 Å². The van der Waals surface area contributed by atoms with E-state index < -0.39 is 5.97 Å². The predicted molar refractivity (Wildman–Crippen MR) is 68.6 cm³/mol. The molecule has 0 unspecified atom stereocenters. The number of carboxylic acids is 1. The summed E-state index contributed by atoms with van der Waals surface area (Å²) in [5, 5.41) is 11.9. The van der Waals surface area contributed by atoms with E-state index >= 15 is 0 Å². The van der Waals surface area contributed by atoms with Crippen LogP contribution in [0.4, 0.5) is 15.9 Å². The minimum absolute atomic E-state index is 0.0358. The molecule has 0 radical (unpaired) electrons. The van der Waals surface area contributed by atoms with Gasteiger partial charge in [0.2, 0.25) is 0 Å². The maximum Gasteiger partial charge on any atom is 0.339 e. The van der Waals surface area contributed by atoms with Crippen molar-refractivity contribution in [3.8, 4) is 0 Å². The Kier molecular flexibility index (Phi) is 3.57. The van der Waals surface area contributed by atoms with Gasteiger partial charge in [0.25, 0.3) is 0 Å². The first-order chi connectivity index (χ1) is 8.56. The molecule has 6 heteroatoms. The highest BCUT2D eigenvalue weighted by Gasteiger charge is 2.12. The topological polar surface area (TPSA) is 62.2 Å². The van der Waals surface area contributed by atoms with Crippen LogP contribution in [-0.2, 0) is 0 Å². The maximum absolute atomic E-state index is 12.7. The fourth-order valence-corrected chi connectivity index (χ4v) is 1.70. The van der Waals surface area contributed by atoms with E-state index in [1.54, 1.807) is 0 Å². The van der Waals surface area contributed by atoms with Crippen molar-refractivity contribution in [2.75, 3.05) is 5.32 Å². The molecule has 2 aromatic rings. The van der Waals surface area contributed by atoms with Crippen LogP contribution in [0.25, 0.3) is 0 Å². The summed E-state index contributed by atoms with van der Waals surface area (Å²) in [6, 6.07) is 7.01. The van der Waals surface area contributed by atoms with Crippen LogP contribution in [0.2, 0.25) is 0 Å². The smallest absolute Gasteiger partial charge is 0.339 e. The third-order valence-corrected chi connectivity index (χ3v) is 2.63. The number of anilines is 2. The number of hydrogen-bond donors (Lipinski definition) is 2. The van der Waals surface area contributed by atoms with Crippen molar-refractivity contribution in [2.45, 2.75) is 0 Å². The second kappa shape index (κ2) is 5.14. The van der Waals surface area contributed by atoms with Crippen molar-refractivity contribution in [3.05, 3.63) is 52.4 Å². The number of aromatic carboxylic acids is 1. The molecule has 0 aliphatic carbocycles. The molecule has 92 valence electrons. The Morgan fingerprint density at radius 2 is 2.00 bits per heavy atom. The van der Waals surface area contributed by atoms with Crippen molar-refractivity contribution in [1.29, 1.82) is 0 Å². The van der Waals surface area contributed by atoms with Crippen LogP contribution >= 0.6 is 15.9 Å². The van der Waals surface area contributed by atoms with E-state index in [0.29, 0.717) is 10.2 Å². The van der Waals surface area contributed by atoms with E-state index in [9.17, 15) is 9.18 Å². The fraction of sp³-hybridized carbons (Fsp3) is 0. The van der Waals surface area contributed by atoms with E-state index in [1.807, 2.05) is 0 Å². The molecule has 0 bridgehead atoms. The van der Waals surface area contributed by atoms with Crippen LogP contribution in [0.1, 0.15) is 10.4 Å². The average molecular weight is 311 g/mol. The van der Waals surface area contributed by atoms with Gasteiger partial charge < -0.3 is 10.4 Å². The van der Waals surface area contributed by atoms with Crippen molar-refractivity contribution >= 4 is 33.4 Å². The number of nitrogens with one attached hydrogen (secondary N) is 1. The van der Waals surface area contributed by atoms with Gasteiger partial charge in [-0.25, -0.2) is 14.2 Å². The van der Waals surface area contributed by atoms with Gasteiger partial charge in [-0.3, -0.25) is 0 Å². The molecule has 0 fully saturated rings. The number of carboxylic acid groups (broad SMARTS) is 1. The van der Waals surface area contributed by atoms with Crippen LogP contribution in [0, 0.1) is 5.82 Å². The molecule has 1 heterocycles. The summed E-state index contributed by atoms with van der Waals surface area (Å²) in [4.78, 5) is 15.0. The van der Waals surface area contributed by atoms with Gasteiger partial charge in [-0.1, -0.05) is 0 Å². The second-order valence-corrected chi connectivity index (χ2v) is 4.40. The fourth-order valence-electron chi connectivity index (χ4n) is 1.37. The molecular formula is C12H8BrFN2O2. The minimum atomic E-state index is -1.09. The van der Waals surface area contributed by atoms with Crippen LogP contribution < -0.4 is 5.32 Å². The minimum Gasteiger partial charge on any atom is -0.478 e. The van der Waals surface area contributed by atoms with Gasteiger partial charge in [0.1, 0.15) is 17.2 Å². The molecule has 0 atom stereocenters. The predicted octanol–water partition coefficient (Wildman–Crippen LogP) is 3.43. The molecule has 2 rings (SSSR count). The number of benzene rings is 1. The molecule has 0 saturated heterocycles. The highest BCUT2D eigenvalue weighted by Crippen LogP contribution is 2.22. The second-order valence-electron chi connectivity index (χ2n) is 3.49. The van der Waals surface area contributed by atoms with Gasteiger partial charge in [-0.15, -0.1) is 0 Å². The first kappa shape index (κ1) is 12.5. The molecule has 4 nitrogen and oxygen atoms in total. The first-order valence-corrected chi connectivity index (χ1v) is 5.77. The number of aromatic nitrogens is 1. The van der Waals surface area contributed by atoms with Crippen molar-refractivity contribution in [1.82, 2.24) is 4.98 Å². The number of nitrogens with zero attached hydrogens (tertiary/aromatic N) is 1. The quantitative estimate of drug-likeness (QED) is 0.911. The number of rotatable bonds is 3. The molecule has 0 amide bonds. The van der Waals surface area contributed by atoms with E-state index in [4.69, 9.17) is 5.11 Å². The Bertz CT molecular complexity index is 587. The largest absolute Gasteiger partial charge is 0.478 e. The summed E-state index contributed by atoms with van der Waals surface area (Å²) >= 11 is 3.16. The van der Waals surface area contributed by atoms with Gasteiger partial charge in [0, 0.05) is 16.4 Å². The van der Waals surface area contributed by atoms with Gasteiger partial charge in [0.15, 0.2) is 0 Å². The van der Waals surface area contributed by atoms with Gasteiger partial charge in [-0.05, 0) is 46.3 Å². The first-order valence-electron chi connectivity index (χ1n) is 4.97. The zero-order valence-corrected chi connectivity index (χ0v) is 10.6. The summed E-state index contributed by atoms with van der Waals surface area (Å²) in [6.45, 7) is 0. The SMILES string of the molecule is O=C(O)c1cc(Br)cnc1Nc1ccc(F)cc1. The Balaban J connectivity index is 2.34. The maximum atomic E-state index is 12.7. The van der Waals surface area contributed by atoms with E-state index in [1.165, 1.54) is 36.5 Å². The lowest BCUT2D eigenvalue weighted by Gasteiger charge is -2.08. The number of pyridine rings is 1. The van der Waals surface area contributed by atoms with Crippen LogP contribution in [-0.4, -0.2) is 16.1 Å². The van der Waals surface area contributed by atoms with Gasteiger partial charge in [0.05, 0.1) is 0 Å². The number of carbonyl (C=O) groups is 1. The van der Waals surface area contributed by atoms with E-state index in [2.05, 4.69) is 26.2 Å². The third-order valence-electron chi connectivity index (χ3n) is 2.19. The average Bonchev–Trinajstić information content (AvgIpc) is 2.34. The summed E-state index contributed by atoms with van der Waals surface area (Å²) in [7, 11) is 0. The highest BCUT2D eigenvalue weighted by molar-refractivity contribution is 9.10. The van der Waals surface area contributed by atoms with Crippen molar-refractivity contribution in [3.63, 3.8) is 0 Å².